The van der Waals surface area contributed by atoms with Crippen LogP contribution >= 0.6 is 11.8 Å². The summed E-state index contributed by atoms with van der Waals surface area (Å²) in [4.78, 5) is 26.0. The molecular formula is C21H23N5O3S2. The Morgan fingerprint density at radius 1 is 1.06 bits per heavy atom. The van der Waals surface area contributed by atoms with E-state index in [4.69, 9.17) is 0 Å². The molecule has 2 aromatic rings. The van der Waals surface area contributed by atoms with E-state index in [1.165, 1.54) is 11.8 Å². The van der Waals surface area contributed by atoms with Gasteiger partial charge in [-0.25, -0.2) is 13.4 Å². The number of anilines is 2. The number of rotatable bonds is 3. The average molecular weight is 458 g/mol. The van der Waals surface area contributed by atoms with Crippen LogP contribution in [0.3, 0.4) is 0 Å². The number of hydrogen-bond donors (Lipinski definition) is 1. The van der Waals surface area contributed by atoms with Gasteiger partial charge >= 0.3 is 0 Å². The second-order valence-electron chi connectivity index (χ2n) is 7.91. The van der Waals surface area contributed by atoms with Crippen LogP contribution in [0.4, 0.5) is 11.5 Å². The predicted molar refractivity (Wildman–Crippen MR) is 124 cm³/mol. The smallest absolute Gasteiger partial charge is 0.254 e. The zero-order chi connectivity index (χ0) is 21.4. The third-order valence-corrected chi connectivity index (χ3v) is 8.86. The Balaban J connectivity index is 1.21. The van der Waals surface area contributed by atoms with Crippen LogP contribution in [0.1, 0.15) is 10.4 Å². The van der Waals surface area contributed by atoms with Crippen LogP contribution in [0.2, 0.25) is 0 Å². The van der Waals surface area contributed by atoms with Crippen molar-refractivity contribution >= 4 is 44.2 Å². The number of amidine groups is 1. The van der Waals surface area contributed by atoms with E-state index < -0.39 is 9.84 Å². The second kappa shape index (κ2) is 8.16. The molecule has 2 fully saturated rings. The second-order valence-corrected chi connectivity index (χ2v) is 11.3. The van der Waals surface area contributed by atoms with Gasteiger partial charge in [0, 0.05) is 48.9 Å². The summed E-state index contributed by atoms with van der Waals surface area (Å²) in [5.74, 6) is 1.25. The third-order valence-electron chi connectivity index (χ3n) is 5.72. The zero-order valence-electron chi connectivity index (χ0n) is 16.8. The fourth-order valence-electron chi connectivity index (χ4n) is 4.13. The number of thioether (sulfide) groups is 1. The van der Waals surface area contributed by atoms with Gasteiger partial charge in [-0.3, -0.25) is 9.79 Å². The first-order valence-corrected chi connectivity index (χ1v) is 12.9. The van der Waals surface area contributed by atoms with E-state index in [1.54, 1.807) is 6.20 Å². The van der Waals surface area contributed by atoms with Gasteiger partial charge in [-0.15, -0.1) is 0 Å². The van der Waals surface area contributed by atoms with Crippen molar-refractivity contribution in [3.05, 3.63) is 54.2 Å². The number of aromatic nitrogens is 1. The van der Waals surface area contributed by atoms with E-state index >= 15 is 0 Å². The first-order valence-electron chi connectivity index (χ1n) is 10.2. The summed E-state index contributed by atoms with van der Waals surface area (Å²) < 4.78 is 23.5. The number of benzene rings is 1. The van der Waals surface area contributed by atoms with Gasteiger partial charge < -0.3 is 15.1 Å². The number of sulfone groups is 1. The van der Waals surface area contributed by atoms with Gasteiger partial charge in [0.2, 0.25) is 0 Å². The molecule has 2 saturated heterocycles. The monoisotopic (exact) mass is 457 g/mol. The fourth-order valence-corrected chi connectivity index (χ4v) is 7.81. The van der Waals surface area contributed by atoms with E-state index in [1.807, 2.05) is 47.4 Å². The topological polar surface area (TPSA) is 95.0 Å². The molecule has 0 aliphatic carbocycles. The van der Waals surface area contributed by atoms with E-state index in [0.29, 0.717) is 18.7 Å². The van der Waals surface area contributed by atoms with Crippen LogP contribution in [0.5, 0.6) is 0 Å². The third kappa shape index (κ3) is 4.40. The molecule has 3 aliphatic heterocycles. The van der Waals surface area contributed by atoms with Gasteiger partial charge in [0.25, 0.3) is 5.91 Å². The lowest BCUT2D eigenvalue weighted by molar-refractivity contribution is 0.0746. The summed E-state index contributed by atoms with van der Waals surface area (Å²) >= 11 is 1.47. The van der Waals surface area contributed by atoms with Crippen molar-refractivity contribution in [3.8, 4) is 0 Å². The maximum atomic E-state index is 13.0. The lowest BCUT2D eigenvalue weighted by Gasteiger charge is -2.35. The zero-order valence-corrected chi connectivity index (χ0v) is 18.5. The molecule has 1 aromatic carbocycles. The number of piperazine rings is 1. The molecule has 0 radical (unpaired) electrons. The number of nitrogens with one attached hydrogen (secondary N) is 1. The van der Waals surface area contributed by atoms with E-state index in [0.717, 1.165) is 29.8 Å². The van der Waals surface area contributed by atoms with Gasteiger partial charge in [0.1, 0.15) is 5.82 Å². The molecule has 5 rings (SSSR count). The maximum absolute atomic E-state index is 13.0. The summed E-state index contributed by atoms with van der Waals surface area (Å²) in [5, 5.41) is 3.97. The highest BCUT2D eigenvalue weighted by molar-refractivity contribution is 8.15. The van der Waals surface area contributed by atoms with Gasteiger partial charge in [-0.05, 0) is 30.3 Å². The number of fused-ring (bicyclic) bond motifs is 1. The van der Waals surface area contributed by atoms with Crippen molar-refractivity contribution in [3.63, 3.8) is 0 Å². The van der Waals surface area contributed by atoms with Crippen molar-refractivity contribution in [1.82, 2.24) is 9.88 Å². The Hall–Kier alpha value is -2.59. The van der Waals surface area contributed by atoms with E-state index in [2.05, 4.69) is 20.2 Å². The molecule has 1 amide bonds. The summed E-state index contributed by atoms with van der Waals surface area (Å²) in [5.41, 5.74) is 1.41. The number of nitrogens with zero attached hydrogens (tertiary/aromatic N) is 4. The van der Waals surface area contributed by atoms with Crippen molar-refractivity contribution in [2.24, 2.45) is 4.99 Å². The summed E-state index contributed by atoms with van der Waals surface area (Å²) in [6, 6.07) is 13.1. The average Bonchev–Trinajstić information content (AvgIpc) is 3.26. The van der Waals surface area contributed by atoms with Crippen molar-refractivity contribution in [2.45, 2.75) is 11.3 Å². The van der Waals surface area contributed by atoms with Crippen LogP contribution in [-0.4, -0.2) is 78.4 Å². The molecule has 0 unspecified atom stereocenters. The Morgan fingerprint density at radius 2 is 1.90 bits per heavy atom. The van der Waals surface area contributed by atoms with Crippen LogP contribution in [0.25, 0.3) is 0 Å². The van der Waals surface area contributed by atoms with Crippen molar-refractivity contribution in [1.29, 1.82) is 0 Å². The highest BCUT2D eigenvalue weighted by Gasteiger charge is 2.42. The summed E-state index contributed by atoms with van der Waals surface area (Å²) in [6.07, 6.45) is 1.78. The van der Waals surface area contributed by atoms with E-state index in [-0.39, 0.29) is 28.7 Å². The number of carbonyl (C=O) groups is 1. The highest BCUT2D eigenvalue weighted by atomic mass is 32.2. The van der Waals surface area contributed by atoms with Gasteiger partial charge in [-0.2, -0.15) is 0 Å². The van der Waals surface area contributed by atoms with Crippen LogP contribution in [0.15, 0.2) is 53.7 Å². The molecule has 10 heteroatoms. The molecule has 8 nitrogen and oxygen atoms in total. The molecule has 31 heavy (non-hydrogen) atoms. The number of hydrogen-bond acceptors (Lipinski definition) is 8. The molecule has 162 valence electrons. The number of carbonyl (C=O) groups excluding carboxylic acids is 1. The molecule has 0 spiro atoms. The minimum Gasteiger partial charge on any atom is -0.353 e. The maximum Gasteiger partial charge on any atom is 0.254 e. The van der Waals surface area contributed by atoms with Crippen LogP contribution in [-0.2, 0) is 9.84 Å². The lowest BCUT2D eigenvalue weighted by atomic mass is 10.1. The van der Waals surface area contributed by atoms with Crippen LogP contribution in [0, 0.1) is 0 Å². The molecule has 0 bridgehead atoms. The Labute approximate surface area is 185 Å². The Morgan fingerprint density at radius 3 is 2.65 bits per heavy atom. The minimum atomic E-state index is -2.97. The Kier molecular flexibility index (Phi) is 5.35. The minimum absolute atomic E-state index is 0.00675. The normalized spacial score (nSPS) is 24.6. The van der Waals surface area contributed by atoms with Crippen molar-refractivity contribution in [2.75, 3.05) is 47.9 Å². The number of pyridine rings is 1. The van der Waals surface area contributed by atoms with Gasteiger partial charge in [0.15, 0.2) is 15.0 Å². The first-order chi connectivity index (χ1) is 15.0. The molecule has 1 aromatic heterocycles. The van der Waals surface area contributed by atoms with Gasteiger partial charge in [-0.1, -0.05) is 23.9 Å². The van der Waals surface area contributed by atoms with E-state index in [9.17, 15) is 13.2 Å². The predicted octanol–water partition coefficient (Wildman–Crippen LogP) is 1.72. The summed E-state index contributed by atoms with van der Waals surface area (Å²) in [6.45, 7) is 2.79. The van der Waals surface area contributed by atoms with Gasteiger partial charge in [0.05, 0.1) is 17.5 Å². The molecule has 4 heterocycles. The molecule has 3 aliphatic rings. The lowest BCUT2D eigenvalue weighted by Crippen LogP contribution is -2.49. The van der Waals surface area contributed by atoms with Crippen molar-refractivity contribution < 1.29 is 13.2 Å². The molecule has 2 atom stereocenters. The Bertz CT molecular complexity index is 1110. The molecule has 0 saturated carbocycles. The summed E-state index contributed by atoms with van der Waals surface area (Å²) in [7, 11) is -2.97. The number of amides is 1. The largest absolute Gasteiger partial charge is 0.353 e. The fraction of sp³-hybridized carbons (Fsp3) is 0.381. The molecular weight excluding hydrogens is 434 g/mol. The quantitative estimate of drug-likeness (QED) is 0.750. The standard InChI is InChI=1S/C21H23N5O3S2/c27-20(26-10-8-25(9-11-26)19-6-1-2-7-22-19)15-4-3-5-16(12-15)23-21-24-17-13-31(28,29)14-18(17)30-21/h1-7,12,17-18H,8-11,13-14H2,(H,23,24)/t17-,18-/m0/s1. The van der Waals surface area contributed by atoms with Crippen LogP contribution < -0.4 is 10.2 Å². The number of aliphatic imine (C=N–C) groups is 1. The highest BCUT2D eigenvalue weighted by Crippen LogP contribution is 2.34. The first kappa shape index (κ1) is 20.3. The molecule has 1 N–H and O–H groups in total. The SMILES string of the molecule is O=C(c1cccc(NC2=N[C@H]3CS(=O)(=O)C[C@@H]3S2)c1)N1CCN(c2ccccn2)CC1.